The zero-order valence-corrected chi connectivity index (χ0v) is 18.7. The normalized spacial score (nSPS) is 15.3. The average Bonchev–Trinajstić information content (AvgIpc) is 3.17. The van der Waals surface area contributed by atoms with E-state index in [-0.39, 0.29) is 18.4 Å². The highest BCUT2D eigenvalue weighted by molar-refractivity contribution is 7.09. The number of rotatable bonds is 5. The summed E-state index contributed by atoms with van der Waals surface area (Å²) in [6.45, 7) is 3.43. The third-order valence-corrected chi connectivity index (χ3v) is 5.89. The fourth-order valence-corrected chi connectivity index (χ4v) is 4.19. The Labute approximate surface area is 188 Å². The molecule has 0 spiro atoms. The SMILES string of the molecule is COc1ccc(NC(=O)CN2C(=O)C(C)Oc3ccc(-c4csc(C)n4)cc32)cc1Cl. The van der Waals surface area contributed by atoms with Crippen LogP contribution in [0.4, 0.5) is 11.4 Å². The van der Waals surface area contributed by atoms with Gasteiger partial charge in [-0.1, -0.05) is 11.6 Å². The molecule has 0 bridgehead atoms. The molecule has 0 saturated carbocycles. The highest BCUT2D eigenvalue weighted by atomic mass is 35.5. The second kappa shape index (κ2) is 8.56. The number of benzene rings is 2. The van der Waals surface area contributed by atoms with Crippen LogP contribution in [0, 0.1) is 6.92 Å². The maximum absolute atomic E-state index is 12.8. The molecule has 0 saturated heterocycles. The summed E-state index contributed by atoms with van der Waals surface area (Å²) in [4.78, 5) is 31.5. The molecular formula is C22H20ClN3O4S. The van der Waals surface area contributed by atoms with Crippen molar-refractivity contribution in [1.29, 1.82) is 0 Å². The van der Waals surface area contributed by atoms with Crippen molar-refractivity contribution in [3.05, 3.63) is 51.8 Å². The Bertz CT molecular complexity index is 1160. The highest BCUT2D eigenvalue weighted by Crippen LogP contribution is 2.37. The number of amides is 2. The first-order valence-electron chi connectivity index (χ1n) is 9.53. The van der Waals surface area contributed by atoms with Gasteiger partial charge in [-0.15, -0.1) is 11.3 Å². The van der Waals surface area contributed by atoms with E-state index < -0.39 is 6.10 Å². The van der Waals surface area contributed by atoms with Gasteiger partial charge in [0.25, 0.3) is 5.91 Å². The molecule has 2 amide bonds. The summed E-state index contributed by atoms with van der Waals surface area (Å²) in [5.74, 6) is 0.408. The minimum atomic E-state index is -0.692. The van der Waals surface area contributed by atoms with Crippen molar-refractivity contribution in [3.8, 4) is 22.8 Å². The molecule has 1 aromatic heterocycles. The highest BCUT2D eigenvalue weighted by Gasteiger charge is 2.33. The van der Waals surface area contributed by atoms with Crippen molar-refractivity contribution in [2.45, 2.75) is 20.0 Å². The van der Waals surface area contributed by atoms with Gasteiger partial charge in [-0.25, -0.2) is 4.98 Å². The van der Waals surface area contributed by atoms with Gasteiger partial charge in [0.05, 0.1) is 28.5 Å². The smallest absolute Gasteiger partial charge is 0.268 e. The Morgan fingerprint density at radius 3 is 2.81 bits per heavy atom. The number of thiazole rings is 1. The van der Waals surface area contributed by atoms with Gasteiger partial charge in [-0.05, 0) is 50.2 Å². The lowest BCUT2D eigenvalue weighted by molar-refractivity contribution is -0.127. The number of methoxy groups -OCH3 is 1. The standard InChI is InChI=1S/C22H20ClN3O4S/c1-12-22(28)26(10-21(27)25-15-5-7-19(29-3)16(23)9-15)18-8-14(4-6-20(18)30-12)17-11-31-13(2)24-17/h4-9,11-12H,10H2,1-3H3,(H,25,27). The zero-order valence-electron chi connectivity index (χ0n) is 17.1. The number of hydrogen-bond donors (Lipinski definition) is 1. The molecule has 160 valence electrons. The van der Waals surface area contributed by atoms with Crippen molar-refractivity contribution >= 4 is 46.1 Å². The van der Waals surface area contributed by atoms with Crippen LogP contribution in [-0.4, -0.2) is 36.6 Å². The predicted octanol–water partition coefficient (Wildman–Crippen LogP) is 4.53. The first kappa shape index (κ1) is 21.1. The molecule has 2 aromatic carbocycles. The van der Waals surface area contributed by atoms with E-state index in [4.69, 9.17) is 21.1 Å². The number of carbonyl (C=O) groups is 2. The molecule has 0 fully saturated rings. The van der Waals surface area contributed by atoms with Crippen molar-refractivity contribution < 1.29 is 19.1 Å². The molecule has 9 heteroatoms. The van der Waals surface area contributed by atoms with Crippen molar-refractivity contribution in [3.63, 3.8) is 0 Å². The fourth-order valence-electron chi connectivity index (χ4n) is 3.31. The van der Waals surface area contributed by atoms with E-state index in [0.29, 0.717) is 27.9 Å². The van der Waals surface area contributed by atoms with Crippen molar-refractivity contribution in [2.75, 3.05) is 23.9 Å². The summed E-state index contributed by atoms with van der Waals surface area (Å²) >= 11 is 7.68. The number of nitrogens with one attached hydrogen (secondary N) is 1. The number of fused-ring (bicyclic) bond motifs is 1. The fraction of sp³-hybridized carbons (Fsp3) is 0.227. The Hall–Kier alpha value is -3.10. The van der Waals surface area contributed by atoms with Crippen LogP contribution in [0.2, 0.25) is 5.02 Å². The van der Waals surface area contributed by atoms with Crippen LogP contribution < -0.4 is 19.7 Å². The van der Waals surface area contributed by atoms with Gasteiger partial charge in [0.15, 0.2) is 6.10 Å². The first-order chi connectivity index (χ1) is 14.9. The molecule has 31 heavy (non-hydrogen) atoms. The zero-order chi connectivity index (χ0) is 22.1. The summed E-state index contributed by atoms with van der Waals surface area (Å²) in [6.07, 6.45) is -0.692. The Kier molecular flexibility index (Phi) is 5.84. The minimum absolute atomic E-state index is 0.164. The monoisotopic (exact) mass is 457 g/mol. The molecule has 0 radical (unpaired) electrons. The average molecular weight is 458 g/mol. The Morgan fingerprint density at radius 2 is 2.13 bits per heavy atom. The van der Waals surface area contributed by atoms with E-state index in [1.807, 2.05) is 24.4 Å². The van der Waals surface area contributed by atoms with Gasteiger partial charge < -0.3 is 14.8 Å². The summed E-state index contributed by atoms with van der Waals surface area (Å²) in [5, 5.41) is 6.05. The van der Waals surface area contributed by atoms with Crippen molar-refractivity contribution in [1.82, 2.24) is 4.98 Å². The van der Waals surface area contributed by atoms with Gasteiger partial charge >= 0.3 is 0 Å². The summed E-state index contributed by atoms with van der Waals surface area (Å²) in [6, 6.07) is 10.5. The molecule has 0 aliphatic carbocycles. The molecule has 4 rings (SSSR count). The van der Waals surface area contributed by atoms with Crippen LogP contribution in [0.15, 0.2) is 41.8 Å². The number of anilines is 2. The number of nitrogens with zero attached hydrogens (tertiary/aromatic N) is 2. The topological polar surface area (TPSA) is 80.8 Å². The van der Waals surface area contributed by atoms with Gasteiger partial charge in [-0.3, -0.25) is 14.5 Å². The minimum Gasteiger partial charge on any atom is -0.495 e. The van der Waals surface area contributed by atoms with E-state index in [1.54, 1.807) is 42.5 Å². The maximum atomic E-state index is 12.8. The number of carbonyl (C=O) groups excluding carboxylic acids is 2. The van der Waals surface area contributed by atoms with Crippen LogP contribution in [0.1, 0.15) is 11.9 Å². The molecule has 1 N–H and O–H groups in total. The van der Waals surface area contributed by atoms with Gasteiger partial charge in [0.2, 0.25) is 5.91 Å². The molecule has 1 unspecified atom stereocenters. The molecule has 1 aliphatic heterocycles. The van der Waals surface area contributed by atoms with Crippen molar-refractivity contribution in [2.24, 2.45) is 0 Å². The summed E-state index contributed by atoms with van der Waals surface area (Å²) in [5.41, 5.74) is 2.71. The van der Waals surface area contributed by atoms with Crippen LogP contribution in [0.5, 0.6) is 11.5 Å². The molecular weight excluding hydrogens is 438 g/mol. The number of halogens is 1. The lowest BCUT2D eigenvalue weighted by Crippen LogP contribution is -2.47. The maximum Gasteiger partial charge on any atom is 0.268 e. The first-order valence-corrected chi connectivity index (χ1v) is 10.8. The summed E-state index contributed by atoms with van der Waals surface area (Å²) < 4.78 is 10.9. The van der Waals surface area contributed by atoms with Gasteiger partial charge in [0.1, 0.15) is 18.0 Å². The molecule has 3 aromatic rings. The van der Waals surface area contributed by atoms with Crippen LogP contribution in [-0.2, 0) is 9.59 Å². The predicted molar refractivity (Wildman–Crippen MR) is 121 cm³/mol. The molecule has 1 atom stereocenters. The van der Waals surface area contributed by atoms with E-state index in [1.165, 1.54) is 12.0 Å². The van der Waals surface area contributed by atoms with E-state index >= 15 is 0 Å². The van der Waals surface area contributed by atoms with Gasteiger partial charge in [0, 0.05) is 16.6 Å². The van der Waals surface area contributed by atoms with E-state index in [0.717, 1.165) is 16.3 Å². The third-order valence-electron chi connectivity index (χ3n) is 4.82. The lowest BCUT2D eigenvalue weighted by Gasteiger charge is -2.32. The van der Waals surface area contributed by atoms with Crippen LogP contribution >= 0.6 is 22.9 Å². The molecule has 7 nitrogen and oxygen atoms in total. The van der Waals surface area contributed by atoms with E-state index in [9.17, 15) is 9.59 Å². The number of ether oxygens (including phenoxy) is 2. The third kappa shape index (κ3) is 4.35. The number of aromatic nitrogens is 1. The van der Waals surface area contributed by atoms with Crippen LogP contribution in [0.25, 0.3) is 11.3 Å². The second-order valence-corrected chi connectivity index (χ2v) is 8.49. The largest absolute Gasteiger partial charge is 0.495 e. The lowest BCUT2D eigenvalue weighted by atomic mass is 10.1. The Balaban J connectivity index is 1.59. The summed E-state index contributed by atoms with van der Waals surface area (Å²) in [7, 11) is 1.52. The molecule has 2 heterocycles. The van der Waals surface area contributed by atoms with E-state index in [2.05, 4.69) is 10.3 Å². The van der Waals surface area contributed by atoms with Crippen LogP contribution in [0.3, 0.4) is 0 Å². The number of aryl methyl sites for hydroxylation is 1. The molecule has 1 aliphatic rings. The van der Waals surface area contributed by atoms with Gasteiger partial charge in [-0.2, -0.15) is 0 Å². The quantitative estimate of drug-likeness (QED) is 0.608. The second-order valence-electron chi connectivity index (χ2n) is 7.02. The number of hydrogen-bond acceptors (Lipinski definition) is 6. The Morgan fingerprint density at radius 1 is 1.32 bits per heavy atom.